The second-order valence-corrected chi connectivity index (χ2v) is 5.68. The Labute approximate surface area is 136 Å². The predicted molar refractivity (Wildman–Crippen MR) is 86.9 cm³/mol. The van der Waals surface area contributed by atoms with Gasteiger partial charge < -0.3 is 10.1 Å². The van der Waals surface area contributed by atoms with Crippen LogP contribution in [0.1, 0.15) is 12.0 Å². The lowest BCUT2D eigenvalue weighted by atomic mass is 10.1. The molecular formula is C13H17N3O6S. The minimum absolute atomic E-state index is 0.290. The van der Waals surface area contributed by atoms with E-state index >= 15 is 0 Å². The van der Waals surface area contributed by atoms with Gasteiger partial charge in [0.1, 0.15) is 6.04 Å². The van der Waals surface area contributed by atoms with E-state index in [2.05, 4.69) is 10.1 Å². The Morgan fingerprint density at radius 3 is 2.22 bits per heavy atom. The SMILES string of the molecule is COC(=O)[C@H](CCSC)Nc1c([N+](=O)[O-])cc(C)cc1[N+](=O)[O-]. The van der Waals surface area contributed by atoms with E-state index in [9.17, 15) is 25.0 Å². The maximum absolute atomic E-state index is 11.8. The highest BCUT2D eigenvalue weighted by molar-refractivity contribution is 7.98. The predicted octanol–water partition coefficient (Wildman–Crippen LogP) is 2.52. The van der Waals surface area contributed by atoms with Gasteiger partial charge in [0.15, 0.2) is 5.69 Å². The van der Waals surface area contributed by atoms with E-state index in [0.717, 1.165) is 0 Å². The van der Waals surface area contributed by atoms with Gasteiger partial charge in [0, 0.05) is 12.1 Å². The second-order valence-electron chi connectivity index (χ2n) is 4.69. The largest absolute Gasteiger partial charge is 0.467 e. The molecule has 10 heteroatoms. The Morgan fingerprint density at radius 2 is 1.83 bits per heavy atom. The molecule has 0 saturated carbocycles. The molecule has 1 aromatic carbocycles. The molecule has 0 radical (unpaired) electrons. The van der Waals surface area contributed by atoms with Gasteiger partial charge in [0.05, 0.1) is 17.0 Å². The molecule has 0 amide bonds. The van der Waals surface area contributed by atoms with Crippen molar-refractivity contribution in [1.29, 1.82) is 0 Å². The van der Waals surface area contributed by atoms with Crippen LogP contribution in [0, 0.1) is 27.2 Å². The molecule has 0 heterocycles. The Bertz CT molecular complexity index is 587. The summed E-state index contributed by atoms with van der Waals surface area (Å²) < 4.78 is 4.66. The van der Waals surface area contributed by atoms with Crippen molar-refractivity contribution in [2.24, 2.45) is 0 Å². The fourth-order valence-corrected chi connectivity index (χ4v) is 2.46. The van der Waals surface area contributed by atoms with Crippen molar-refractivity contribution in [2.45, 2.75) is 19.4 Å². The molecule has 0 spiro atoms. The summed E-state index contributed by atoms with van der Waals surface area (Å²) in [6.45, 7) is 1.52. The van der Waals surface area contributed by atoms with Crippen LogP contribution in [0.4, 0.5) is 17.1 Å². The number of carbonyl (C=O) groups is 1. The molecule has 0 unspecified atom stereocenters. The molecule has 0 saturated heterocycles. The van der Waals surface area contributed by atoms with E-state index in [4.69, 9.17) is 0 Å². The second kappa shape index (κ2) is 8.32. The summed E-state index contributed by atoms with van der Waals surface area (Å²) in [6, 6.07) is 1.53. The lowest BCUT2D eigenvalue weighted by Gasteiger charge is -2.17. The zero-order valence-corrected chi connectivity index (χ0v) is 13.7. The maximum Gasteiger partial charge on any atom is 0.328 e. The van der Waals surface area contributed by atoms with Crippen molar-refractivity contribution in [3.63, 3.8) is 0 Å². The van der Waals surface area contributed by atoms with Crippen molar-refractivity contribution in [2.75, 3.05) is 24.4 Å². The molecule has 0 bridgehead atoms. The Kier molecular flexibility index (Phi) is 6.76. The first-order valence-electron chi connectivity index (χ1n) is 6.58. The van der Waals surface area contributed by atoms with E-state index in [-0.39, 0.29) is 5.69 Å². The van der Waals surface area contributed by atoms with Crippen LogP contribution < -0.4 is 5.32 Å². The molecule has 1 rings (SSSR count). The summed E-state index contributed by atoms with van der Waals surface area (Å²) >= 11 is 1.48. The minimum Gasteiger partial charge on any atom is -0.467 e. The standard InChI is InChI=1S/C13H17N3O6S/c1-8-6-10(15(18)19)12(11(7-8)16(20)21)14-9(4-5-23-3)13(17)22-2/h6-7,9,14H,4-5H2,1-3H3/t9-/m0/s1. The molecule has 126 valence electrons. The fourth-order valence-electron chi connectivity index (χ4n) is 1.99. The molecule has 23 heavy (non-hydrogen) atoms. The van der Waals surface area contributed by atoms with Gasteiger partial charge in [0.2, 0.25) is 0 Å². The van der Waals surface area contributed by atoms with Crippen molar-refractivity contribution >= 4 is 34.8 Å². The number of nitro groups is 2. The number of carbonyl (C=O) groups excluding carboxylic acids is 1. The van der Waals surface area contributed by atoms with Gasteiger partial charge in [-0.2, -0.15) is 11.8 Å². The van der Waals surface area contributed by atoms with Crippen LogP contribution in [-0.4, -0.2) is 41.0 Å². The highest BCUT2D eigenvalue weighted by Crippen LogP contribution is 2.36. The third kappa shape index (κ3) is 4.81. The smallest absolute Gasteiger partial charge is 0.328 e. The van der Waals surface area contributed by atoms with Crippen molar-refractivity contribution in [3.05, 3.63) is 37.9 Å². The number of thioether (sulfide) groups is 1. The average Bonchev–Trinajstić information content (AvgIpc) is 2.50. The number of hydrogen-bond donors (Lipinski definition) is 1. The first-order valence-corrected chi connectivity index (χ1v) is 7.98. The van der Waals surface area contributed by atoms with E-state index in [1.54, 1.807) is 0 Å². The minimum atomic E-state index is -0.910. The van der Waals surface area contributed by atoms with E-state index in [1.807, 2.05) is 6.26 Å². The third-order valence-electron chi connectivity index (χ3n) is 3.05. The summed E-state index contributed by atoms with van der Waals surface area (Å²) in [5, 5.41) is 25.0. The van der Waals surface area contributed by atoms with E-state index in [1.165, 1.54) is 37.9 Å². The van der Waals surface area contributed by atoms with Gasteiger partial charge in [-0.25, -0.2) is 4.79 Å². The van der Waals surface area contributed by atoms with Gasteiger partial charge in [0.25, 0.3) is 11.4 Å². The van der Waals surface area contributed by atoms with Crippen molar-refractivity contribution in [1.82, 2.24) is 0 Å². The molecule has 1 aromatic rings. The summed E-state index contributed by atoms with van der Waals surface area (Å²) in [7, 11) is 1.19. The van der Waals surface area contributed by atoms with Crippen molar-refractivity contribution < 1.29 is 19.4 Å². The normalized spacial score (nSPS) is 11.6. The summed E-state index contributed by atoms with van der Waals surface area (Å²) in [6.07, 6.45) is 2.15. The van der Waals surface area contributed by atoms with Crippen LogP contribution in [0.2, 0.25) is 0 Å². The molecule has 1 N–H and O–H groups in total. The van der Waals surface area contributed by atoms with Crippen LogP contribution in [-0.2, 0) is 9.53 Å². The summed E-state index contributed by atoms with van der Waals surface area (Å²) in [5.41, 5.74) is -0.806. The number of aryl methyl sites for hydroxylation is 1. The number of ether oxygens (including phenoxy) is 1. The number of benzene rings is 1. The van der Waals surface area contributed by atoms with Crippen LogP contribution >= 0.6 is 11.8 Å². The molecule has 1 atom stereocenters. The fraction of sp³-hybridized carbons (Fsp3) is 0.462. The van der Waals surface area contributed by atoms with Crippen LogP contribution in [0.3, 0.4) is 0 Å². The number of rotatable bonds is 8. The number of nitrogens with zero attached hydrogens (tertiary/aromatic N) is 2. The first-order chi connectivity index (χ1) is 10.8. The first kappa shape index (κ1) is 18.7. The number of anilines is 1. The van der Waals surface area contributed by atoms with Gasteiger partial charge in [-0.3, -0.25) is 20.2 Å². The van der Waals surface area contributed by atoms with Gasteiger partial charge in [-0.1, -0.05) is 0 Å². The quantitative estimate of drug-likeness (QED) is 0.433. The molecule has 0 fully saturated rings. The lowest BCUT2D eigenvalue weighted by molar-refractivity contribution is -0.392. The molecule has 0 aliphatic heterocycles. The highest BCUT2D eigenvalue weighted by Gasteiger charge is 2.30. The Balaban J connectivity index is 3.34. The number of esters is 1. The van der Waals surface area contributed by atoms with Gasteiger partial charge >= 0.3 is 5.97 Å². The third-order valence-corrected chi connectivity index (χ3v) is 3.69. The zero-order chi connectivity index (χ0) is 17.6. The molecule has 0 aliphatic rings. The number of nitro benzene ring substituents is 2. The van der Waals surface area contributed by atoms with Crippen LogP contribution in [0.15, 0.2) is 12.1 Å². The molecule has 9 nitrogen and oxygen atoms in total. The number of nitrogens with one attached hydrogen (secondary N) is 1. The summed E-state index contributed by atoms with van der Waals surface area (Å²) in [5.74, 6) is -0.0524. The van der Waals surface area contributed by atoms with Crippen LogP contribution in [0.25, 0.3) is 0 Å². The Hall–Kier alpha value is -2.36. The molecule has 0 aliphatic carbocycles. The van der Waals surface area contributed by atoms with Gasteiger partial charge in [-0.15, -0.1) is 0 Å². The zero-order valence-electron chi connectivity index (χ0n) is 12.9. The van der Waals surface area contributed by atoms with Crippen LogP contribution in [0.5, 0.6) is 0 Å². The Morgan fingerprint density at radius 1 is 1.30 bits per heavy atom. The highest BCUT2D eigenvalue weighted by atomic mass is 32.2. The van der Waals surface area contributed by atoms with Crippen molar-refractivity contribution in [3.8, 4) is 0 Å². The number of methoxy groups -OCH3 is 1. The van der Waals surface area contributed by atoms with E-state index < -0.39 is 33.2 Å². The van der Waals surface area contributed by atoms with E-state index in [0.29, 0.717) is 17.7 Å². The maximum atomic E-state index is 11.8. The summed E-state index contributed by atoms with van der Waals surface area (Å²) in [4.78, 5) is 32.8. The average molecular weight is 343 g/mol. The molecular weight excluding hydrogens is 326 g/mol. The number of hydrogen-bond acceptors (Lipinski definition) is 8. The van der Waals surface area contributed by atoms with Gasteiger partial charge in [-0.05, 0) is 30.9 Å². The monoisotopic (exact) mass is 343 g/mol. The molecule has 0 aromatic heterocycles. The topological polar surface area (TPSA) is 125 Å². The lowest BCUT2D eigenvalue weighted by Crippen LogP contribution is -2.32.